The van der Waals surface area contributed by atoms with Crippen LogP contribution < -0.4 is 5.32 Å². The summed E-state index contributed by atoms with van der Waals surface area (Å²) in [5, 5.41) is 12.1. The van der Waals surface area contributed by atoms with E-state index in [1.807, 2.05) is 0 Å². The largest absolute Gasteiger partial charge is 0.508 e. The highest BCUT2D eigenvalue weighted by Gasteiger charge is 2.14. The van der Waals surface area contributed by atoms with E-state index >= 15 is 0 Å². The van der Waals surface area contributed by atoms with E-state index in [9.17, 15) is 13.9 Å². The highest BCUT2D eigenvalue weighted by atomic mass is 19.1. The van der Waals surface area contributed by atoms with Gasteiger partial charge in [-0.2, -0.15) is 0 Å². The van der Waals surface area contributed by atoms with Crippen LogP contribution in [0.1, 0.15) is 24.1 Å². The van der Waals surface area contributed by atoms with Gasteiger partial charge in [0.15, 0.2) is 0 Å². The van der Waals surface area contributed by atoms with Gasteiger partial charge in [0, 0.05) is 11.6 Å². The fourth-order valence-electron chi connectivity index (χ4n) is 1.98. The van der Waals surface area contributed by atoms with Crippen molar-refractivity contribution in [1.82, 2.24) is 0 Å². The summed E-state index contributed by atoms with van der Waals surface area (Å²) in [4.78, 5) is 0. The van der Waals surface area contributed by atoms with Crippen LogP contribution in [0, 0.1) is 18.6 Å². The summed E-state index contributed by atoms with van der Waals surface area (Å²) in [7, 11) is 0. The van der Waals surface area contributed by atoms with E-state index in [-0.39, 0.29) is 11.6 Å². The molecule has 0 aliphatic carbocycles. The zero-order valence-electron chi connectivity index (χ0n) is 10.7. The molecule has 100 valence electrons. The maximum atomic E-state index is 13.7. The lowest BCUT2D eigenvalue weighted by atomic mass is 10.1. The lowest BCUT2D eigenvalue weighted by molar-refractivity contribution is 0.467. The molecule has 0 radical (unpaired) electrons. The molecular weight excluding hydrogens is 248 g/mol. The molecule has 0 saturated carbocycles. The number of para-hydroxylation sites is 1. The third-order valence-electron chi connectivity index (χ3n) is 3.03. The lowest BCUT2D eigenvalue weighted by Gasteiger charge is -2.18. The highest BCUT2D eigenvalue weighted by molar-refractivity contribution is 5.53. The van der Waals surface area contributed by atoms with Crippen LogP contribution in [-0.2, 0) is 0 Å². The number of aryl methyl sites for hydroxylation is 1. The zero-order chi connectivity index (χ0) is 14.0. The molecule has 0 spiro atoms. The number of aromatic hydroxyl groups is 1. The van der Waals surface area contributed by atoms with Gasteiger partial charge in [0.2, 0.25) is 0 Å². The number of anilines is 1. The molecule has 2 aromatic carbocycles. The molecule has 0 heterocycles. The normalized spacial score (nSPS) is 12.2. The second-order valence-electron chi connectivity index (χ2n) is 4.50. The number of hydrogen-bond acceptors (Lipinski definition) is 2. The summed E-state index contributed by atoms with van der Waals surface area (Å²) in [6.07, 6.45) is 0. The summed E-state index contributed by atoms with van der Waals surface area (Å²) >= 11 is 0. The first-order valence-corrected chi connectivity index (χ1v) is 5.99. The average molecular weight is 263 g/mol. The quantitative estimate of drug-likeness (QED) is 0.871. The number of nitrogens with one attached hydrogen (secondary N) is 1. The molecule has 1 atom stereocenters. The van der Waals surface area contributed by atoms with Gasteiger partial charge in [-0.1, -0.05) is 18.2 Å². The van der Waals surface area contributed by atoms with Gasteiger partial charge in [0.1, 0.15) is 17.4 Å². The molecule has 2 nitrogen and oxygen atoms in total. The molecule has 2 N–H and O–H groups in total. The minimum atomic E-state index is -0.519. The van der Waals surface area contributed by atoms with E-state index in [2.05, 4.69) is 5.32 Å². The molecule has 0 aliphatic heterocycles. The average Bonchev–Trinajstić information content (AvgIpc) is 2.33. The number of phenolic OH excluding ortho intramolecular Hbond substituents is 1. The number of hydrogen-bond donors (Lipinski definition) is 2. The van der Waals surface area contributed by atoms with Gasteiger partial charge in [-0.15, -0.1) is 0 Å². The third kappa shape index (κ3) is 2.84. The molecular formula is C15H15F2NO. The molecule has 1 unspecified atom stereocenters. The van der Waals surface area contributed by atoms with Crippen LogP contribution in [-0.4, -0.2) is 5.11 Å². The van der Waals surface area contributed by atoms with Gasteiger partial charge >= 0.3 is 0 Å². The van der Waals surface area contributed by atoms with Gasteiger partial charge in [0.25, 0.3) is 0 Å². The molecule has 2 aromatic rings. The van der Waals surface area contributed by atoms with E-state index in [4.69, 9.17) is 0 Å². The molecule has 0 bridgehead atoms. The van der Waals surface area contributed by atoms with Gasteiger partial charge in [-0.25, -0.2) is 8.78 Å². The topological polar surface area (TPSA) is 32.3 Å². The van der Waals surface area contributed by atoms with Crippen molar-refractivity contribution >= 4 is 5.69 Å². The molecule has 0 saturated heterocycles. The summed E-state index contributed by atoms with van der Waals surface area (Å²) in [6, 6.07) is 8.30. The molecule has 2 rings (SSSR count). The van der Waals surface area contributed by atoms with Crippen LogP contribution in [0.4, 0.5) is 14.5 Å². The lowest BCUT2D eigenvalue weighted by Crippen LogP contribution is -2.10. The van der Waals surface area contributed by atoms with Crippen LogP contribution >= 0.6 is 0 Å². The van der Waals surface area contributed by atoms with E-state index in [1.165, 1.54) is 18.2 Å². The number of phenols is 1. The van der Waals surface area contributed by atoms with Crippen molar-refractivity contribution in [2.24, 2.45) is 0 Å². The van der Waals surface area contributed by atoms with Crippen LogP contribution in [0.5, 0.6) is 5.75 Å². The van der Waals surface area contributed by atoms with E-state index in [0.717, 1.165) is 11.6 Å². The standard InChI is InChI=1S/C15H15F2NO/c1-9-4-3-5-13(16)15(9)18-10(2)12-7-6-11(19)8-14(12)17/h3-8,10,18-19H,1-2H3. The summed E-state index contributed by atoms with van der Waals surface area (Å²) < 4.78 is 27.4. The van der Waals surface area contributed by atoms with E-state index in [0.29, 0.717) is 11.3 Å². The predicted octanol–water partition coefficient (Wildman–Crippen LogP) is 4.15. The molecule has 0 aromatic heterocycles. The Bertz CT molecular complexity index is 578. The fourth-order valence-corrected chi connectivity index (χ4v) is 1.98. The Morgan fingerprint density at radius 2 is 1.84 bits per heavy atom. The Labute approximate surface area is 110 Å². The van der Waals surface area contributed by atoms with Crippen LogP contribution in [0.15, 0.2) is 36.4 Å². The van der Waals surface area contributed by atoms with Crippen LogP contribution in [0.25, 0.3) is 0 Å². The third-order valence-corrected chi connectivity index (χ3v) is 3.03. The Morgan fingerprint density at radius 3 is 2.47 bits per heavy atom. The summed E-state index contributed by atoms with van der Waals surface area (Å²) in [6.45, 7) is 3.52. The van der Waals surface area contributed by atoms with Crippen molar-refractivity contribution in [2.45, 2.75) is 19.9 Å². The first-order valence-electron chi connectivity index (χ1n) is 5.99. The minimum Gasteiger partial charge on any atom is -0.508 e. The summed E-state index contributed by atoms with van der Waals surface area (Å²) in [5.41, 5.74) is 1.49. The Morgan fingerprint density at radius 1 is 1.11 bits per heavy atom. The van der Waals surface area contributed by atoms with Crippen molar-refractivity contribution in [1.29, 1.82) is 0 Å². The molecule has 0 amide bonds. The second kappa shape index (κ2) is 5.26. The number of halogens is 2. The fraction of sp³-hybridized carbons (Fsp3) is 0.200. The van der Waals surface area contributed by atoms with Crippen molar-refractivity contribution in [3.63, 3.8) is 0 Å². The molecule has 0 aliphatic rings. The molecule has 19 heavy (non-hydrogen) atoms. The van der Waals surface area contributed by atoms with Gasteiger partial charge in [-0.05, 0) is 31.5 Å². The maximum Gasteiger partial charge on any atom is 0.146 e. The predicted molar refractivity (Wildman–Crippen MR) is 71.2 cm³/mol. The van der Waals surface area contributed by atoms with E-state index < -0.39 is 11.9 Å². The number of rotatable bonds is 3. The van der Waals surface area contributed by atoms with Crippen molar-refractivity contribution < 1.29 is 13.9 Å². The zero-order valence-corrected chi connectivity index (χ0v) is 10.7. The highest BCUT2D eigenvalue weighted by Crippen LogP contribution is 2.27. The monoisotopic (exact) mass is 263 g/mol. The molecule has 4 heteroatoms. The number of benzene rings is 2. The maximum absolute atomic E-state index is 13.7. The van der Waals surface area contributed by atoms with Crippen molar-refractivity contribution in [2.75, 3.05) is 5.32 Å². The summed E-state index contributed by atoms with van der Waals surface area (Å²) in [5.74, 6) is -1.02. The van der Waals surface area contributed by atoms with Crippen LogP contribution in [0.3, 0.4) is 0 Å². The Balaban J connectivity index is 2.28. The SMILES string of the molecule is Cc1cccc(F)c1NC(C)c1ccc(O)cc1F. The van der Waals surface area contributed by atoms with Crippen molar-refractivity contribution in [3.8, 4) is 5.75 Å². The van der Waals surface area contributed by atoms with Crippen molar-refractivity contribution in [3.05, 3.63) is 59.2 Å². The first kappa shape index (κ1) is 13.3. The Hall–Kier alpha value is -2.10. The van der Waals surface area contributed by atoms with Gasteiger partial charge in [0.05, 0.1) is 11.7 Å². The van der Waals surface area contributed by atoms with Gasteiger partial charge < -0.3 is 10.4 Å². The second-order valence-corrected chi connectivity index (χ2v) is 4.50. The van der Waals surface area contributed by atoms with E-state index in [1.54, 1.807) is 26.0 Å². The smallest absolute Gasteiger partial charge is 0.146 e. The first-order chi connectivity index (χ1) is 8.99. The molecule has 0 fully saturated rings. The minimum absolute atomic E-state index is 0.129. The van der Waals surface area contributed by atoms with Crippen LogP contribution in [0.2, 0.25) is 0 Å². The Kier molecular flexibility index (Phi) is 3.69. The van der Waals surface area contributed by atoms with Gasteiger partial charge in [-0.3, -0.25) is 0 Å².